The Hall–Kier alpha value is -2.58. The maximum absolute atomic E-state index is 13.2. The van der Waals surface area contributed by atoms with Crippen LogP contribution in [-0.2, 0) is 23.6 Å². The molecule has 0 saturated carbocycles. The number of nitrogens with zero attached hydrogens (tertiary/aromatic N) is 1. The number of benzene rings is 1. The van der Waals surface area contributed by atoms with Crippen LogP contribution in [0.15, 0.2) is 30.3 Å². The summed E-state index contributed by atoms with van der Waals surface area (Å²) >= 11 is 0. The van der Waals surface area contributed by atoms with Crippen molar-refractivity contribution in [2.24, 2.45) is 0 Å². The molecule has 0 unspecified atom stereocenters. The fourth-order valence-electron chi connectivity index (χ4n) is 3.51. The van der Waals surface area contributed by atoms with Crippen molar-refractivity contribution < 1.29 is 28.4 Å². The van der Waals surface area contributed by atoms with Gasteiger partial charge in [0, 0.05) is 11.5 Å². The van der Waals surface area contributed by atoms with Gasteiger partial charge >= 0.3 is 19.2 Å². The molecule has 1 aromatic heterocycles. The van der Waals surface area contributed by atoms with Gasteiger partial charge in [0.15, 0.2) is 0 Å². The molecule has 2 aromatic rings. The number of carbonyl (C=O) groups is 2. The van der Waals surface area contributed by atoms with Crippen molar-refractivity contribution in [2.45, 2.75) is 91.6 Å². The van der Waals surface area contributed by atoms with Crippen molar-refractivity contribution in [2.75, 3.05) is 0 Å². The Bertz CT molecular complexity index is 1110. The highest BCUT2D eigenvalue weighted by atomic mass is 16.7. The minimum atomic E-state index is -0.745. The summed E-state index contributed by atoms with van der Waals surface area (Å²) < 4.78 is 25.0. The number of aromatic nitrogens is 1. The van der Waals surface area contributed by atoms with Gasteiger partial charge in [-0.15, -0.1) is 0 Å². The second kappa shape index (κ2) is 8.58. The Balaban J connectivity index is 2.03. The van der Waals surface area contributed by atoms with E-state index in [1.165, 1.54) is 10.6 Å². The lowest BCUT2D eigenvalue weighted by Gasteiger charge is -2.32. The standard InChI is InChI=1S/C26H36BNO6/c1-23(2,3)31-21(29)14-12-17-11-13-19-18(15-17)16-20(28(19)22(30)32-24(4,5)6)27-33-25(7,8)26(9,10)34-27/h11-16H,1-10H3/b14-12+. The van der Waals surface area contributed by atoms with E-state index in [2.05, 4.69) is 0 Å². The third kappa shape index (κ3) is 5.73. The molecule has 0 N–H and O–H groups in total. The maximum atomic E-state index is 13.2. The molecule has 34 heavy (non-hydrogen) atoms. The molecule has 1 aromatic carbocycles. The highest BCUT2D eigenvalue weighted by molar-refractivity contribution is 6.62. The topological polar surface area (TPSA) is 76.0 Å². The van der Waals surface area contributed by atoms with Gasteiger partial charge in [-0.25, -0.2) is 9.59 Å². The number of ether oxygens (including phenoxy) is 2. The molecule has 1 fully saturated rings. The number of carbonyl (C=O) groups excluding carboxylic acids is 2. The molecular weight excluding hydrogens is 433 g/mol. The first-order valence-electron chi connectivity index (χ1n) is 11.5. The van der Waals surface area contributed by atoms with E-state index in [1.807, 2.05) is 93.5 Å². The number of fused-ring (bicyclic) bond motifs is 1. The van der Waals surface area contributed by atoms with Gasteiger partial charge in [0.25, 0.3) is 0 Å². The molecule has 7 nitrogen and oxygen atoms in total. The summed E-state index contributed by atoms with van der Waals surface area (Å²) in [4.78, 5) is 25.3. The zero-order valence-corrected chi connectivity index (χ0v) is 21.9. The van der Waals surface area contributed by atoms with Gasteiger partial charge in [-0.2, -0.15) is 0 Å². The summed E-state index contributed by atoms with van der Waals surface area (Å²) in [6.45, 7) is 18.8. The minimum absolute atomic E-state index is 0.420. The summed E-state index contributed by atoms with van der Waals surface area (Å²) in [5.74, 6) is -0.420. The van der Waals surface area contributed by atoms with E-state index in [9.17, 15) is 9.59 Å². The van der Waals surface area contributed by atoms with E-state index >= 15 is 0 Å². The van der Waals surface area contributed by atoms with Crippen LogP contribution in [0.25, 0.3) is 17.0 Å². The van der Waals surface area contributed by atoms with Crippen LogP contribution < -0.4 is 5.59 Å². The smallest absolute Gasteiger partial charge is 0.457 e. The van der Waals surface area contributed by atoms with Crippen molar-refractivity contribution in [3.63, 3.8) is 0 Å². The predicted octanol–water partition coefficient (Wildman–Crippen LogP) is 5.08. The monoisotopic (exact) mass is 469 g/mol. The third-order valence-electron chi connectivity index (χ3n) is 5.74. The van der Waals surface area contributed by atoms with Crippen LogP contribution in [0, 0.1) is 0 Å². The quantitative estimate of drug-likeness (QED) is 0.355. The predicted molar refractivity (Wildman–Crippen MR) is 134 cm³/mol. The molecule has 0 bridgehead atoms. The van der Waals surface area contributed by atoms with Crippen LogP contribution in [0.1, 0.15) is 74.8 Å². The van der Waals surface area contributed by atoms with Gasteiger partial charge in [0.05, 0.1) is 22.3 Å². The van der Waals surface area contributed by atoms with Crippen LogP contribution in [0.2, 0.25) is 0 Å². The summed E-state index contributed by atoms with van der Waals surface area (Å²) in [6.07, 6.45) is 2.57. The first-order valence-corrected chi connectivity index (χ1v) is 11.5. The molecule has 3 rings (SSSR count). The number of esters is 1. The summed E-state index contributed by atoms with van der Waals surface area (Å²) in [6, 6.07) is 7.42. The van der Waals surface area contributed by atoms with Gasteiger partial charge in [0.1, 0.15) is 11.2 Å². The van der Waals surface area contributed by atoms with Gasteiger partial charge in [-0.1, -0.05) is 6.07 Å². The van der Waals surface area contributed by atoms with Crippen LogP contribution in [0.5, 0.6) is 0 Å². The highest BCUT2D eigenvalue weighted by Gasteiger charge is 2.53. The van der Waals surface area contributed by atoms with Gasteiger partial charge in [-0.05, 0) is 99.1 Å². The molecule has 0 aliphatic carbocycles. The van der Waals surface area contributed by atoms with Crippen molar-refractivity contribution >= 4 is 41.8 Å². The van der Waals surface area contributed by atoms with Crippen LogP contribution in [0.4, 0.5) is 4.79 Å². The Labute approximate surface area is 202 Å². The van der Waals surface area contributed by atoms with Gasteiger partial charge in [-0.3, -0.25) is 4.57 Å². The van der Waals surface area contributed by atoms with Gasteiger partial charge in [0.2, 0.25) is 0 Å². The molecular formula is C26H36BNO6. The fourth-order valence-corrected chi connectivity index (χ4v) is 3.51. The zero-order chi connectivity index (χ0) is 25.7. The van der Waals surface area contributed by atoms with E-state index in [4.69, 9.17) is 18.8 Å². The van der Waals surface area contributed by atoms with Crippen LogP contribution in [0.3, 0.4) is 0 Å². The number of rotatable bonds is 3. The van der Waals surface area contributed by atoms with Crippen molar-refractivity contribution in [3.05, 3.63) is 35.9 Å². The fraction of sp³-hybridized carbons (Fsp3) is 0.538. The molecule has 0 spiro atoms. The second-order valence-corrected chi connectivity index (χ2v) is 11.7. The lowest BCUT2D eigenvalue weighted by Crippen LogP contribution is -2.43. The van der Waals surface area contributed by atoms with Crippen LogP contribution in [-0.4, -0.2) is 46.2 Å². The van der Waals surface area contributed by atoms with Crippen molar-refractivity contribution in [3.8, 4) is 0 Å². The first-order chi connectivity index (χ1) is 15.4. The van der Waals surface area contributed by atoms with E-state index in [0.717, 1.165) is 10.9 Å². The summed E-state index contributed by atoms with van der Waals surface area (Å²) in [7, 11) is -0.745. The number of hydrogen-bond acceptors (Lipinski definition) is 6. The van der Waals surface area contributed by atoms with Crippen molar-refractivity contribution in [1.82, 2.24) is 4.57 Å². The second-order valence-electron chi connectivity index (χ2n) is 11.7. The molecule has 0 amide bonds. The summed E-state index contributed by atoms with van der Waals surface area (Å²) in [5, 5.41) is 0.793. The van der Waals surface area contributed by atoms with Crippen molar-refractivity contribution in [1.29, 1.82) is 0 Å². The van der Waals surface area contributed by atoms with E-state index in [0.29, 0.717) is 11.1 Å². The van der Waals surface area contributed by atoms with Gasteiger partial charge < -0.3 is 18.8 Å². The number of hydrogen-bond donors (Lipinski definition) is 0. The highest BCUT2D eigenvalue weighted by Crippen LogP contribution is 2.37. The molecule has 1 aliphatic rings. The van der Waals surface area contributed by atoms with Crippen LogP contribution >= 0.6 is 0 Å². The Kier molecular flexibility index (Phi) is 6.57. The molecule has 0 atom stereocenters. The SMILES string of the molecule is CC(C)(C)OC(=O)/C=C/c1ccc2c(c1)cc(B1OC(C)(C)C(C)(C)O1)n2C(=O)OC(C)(C)C. The molecule has 1 aliphatic heterocycles. The lowest BCUT2D eigenvalue weighted by atomic mass is 9.84. The maximum Gasteiger partial charge on any atom is 0.513 e. The normalized spacial score (nSPS) is 18.0. The lowest BCUT2D eigenvalue weighted by molar-refractivity contribution is -0.148. The third-order valence-corrected chi connectivity index (χ3v) is 5.74. The largest absolute Gasteiger partial charge is 0.513 e. The Morgan fingerprint density at radius 3 is 2.00 bits per heavy atom. The first kappa shape index (κ1) is 26.0. The Morgan fingerprint density at radius 1 is 0.912 bits per heavy atom. The van der Waals surface area contributed by atoms with E-state index in [1.54, 1.807) is 6.08 Å². The average Bonchev–Trinajstić information content (AvgIpc) is 3.11. The molecule has 8 heteroatoms. The summed E-state index contributed by atoms with van der Waals surface area (Å²) in [5.41, 5.74) is -0.350. The molecule has 1 saturated heterocycles. The molecule has 0 radical (unpaired) electrons. The van der Waals surface area contributed by atoms with E-state index < -0.39 is 41.6 Å². The average molecular weight is 469 g/mol. The Morgan fingerprint density at radius 2 is 1.47 bits per heavy atom. The minimum Gasteiger partial charge on any atom is -0.457 e. The zero-order valence-electron chi connectivity index (χ0n) is 21.9. The molecule has 2 heterocycles. The van der Waals surface area contributed by atoms with E-state index in [-0.39, 0.29) is 0 Å². The molecule has 184 valence electrons.